The Balaban J connectivity index is 1.60. The largest absolute Gasteiger partial charge is 0.455 e. The number of aryl methyl sites for hydroxylation is 1. The van der Waals surface area contributed by atoms with Gasteiger partial charge in [-0.15, -0.1) is 0 Å². The van der Waals surface area contributed by atoms with Gasteiger partial charge in [0, 0.05) is 11.5 Å². The van der Waals surface area contributed by atoms with E-state index in [1.807, 2.05) is 24.3 Å². The van der Waals surface area contributed by atoms with Crippen LogP contribution in [0.15, 0.2) is 42.5 Å². The third kappa shape index (κ3) is 8.97. The highest BCUT2D eigenvalue weighted by molar-refractivity contribution is 5.90. The van der Waals surface area contributed by atoms with Gasteiger partial charge in [-0.25, -0.2) is 9.18 Å². The molecule has 3 rings (SSSR count). The van der Waals surface area contributed by atoms with Gasteiger partial charge in [0.25, 0.3) is 0 Å². The Kier molecular flexibility index (Phi) is 12.3. The van der Waals surface area contributed by atoms with E-state index in [1.54, 1.807) is 18.2 Å². The summed E-state index contributed by atoms with van der Waals surface area (Å²) in [7, 11) is 0. The molecule has 0 saturated heterocycles. The minimum Gasteiger partial charge on any atom is -0.455 e. The first-order chi connectivity index (χ1) is 18.5. The van der Waals surface area contributed by atoms with Gasteiger partial charge in [0.2, 0.25) is 0 Å². The van der Waals surface area contributed by atoms with Crippen molar-refractivity contribution in [3.05, 3.63) is 59.4 Å². The maximum absolute atomic E-state index is 14.9. The van der Waals surface area contributed by atoms with Crippen molar-refractivity contribution in [1.82, 2.24) is 0 Å². The van der Waals surface area contributed by atoms with Crippen molar-refractivity contribution in [3.63, 3.8) is 0 Å². The number of ether oxygens (including phenoxy) is 1. The van der Waals surface area contributed by atoms with Crippen LogP contribution in [0.25, 0.3) is 11.1 Å². The lowest BCUT2D eigenvalue weighted by atomic mass is 9.80. The van der Waals surface area contributed by atoms with Crippen LogP contribution in [0.3, 0.4) is 0 Å². The van der Waals surface area contributed by atoms with Gasteiger partial charge in [0.05, 0.1) is 11.6 Å². The Morgan fingerprint density at radius 2 is 1.68 bits per heavy atom. The van der Waals surface area contributed by atoms with E-state index in [9.17, 15) is 14.4 Å². The number of halogens is 1. The SMILES string of the molecule is CCCCCCCc1ccc(-c2ccc(C(=O)OC3(CCCC(C#N)CCC)CCCCC3)cc2)c(F)c1. The highest BCUT2D eigenvalue weighted by Crippen LogP contribution is 2.37. The zero-order chi connectivity index (χ0) is 27.2. The molecule has 0 aliphatic heterocycles. The number of carbonyl (C=O) groups excluding carboxylic acids is 1. The van der Waals surface area contributed by atoms with E-state index in [1.165, 1.54) is 32.1 Å². The van der Waals surface area contributed by atoms with E-state index in [0.29, 0.717) is 11.1 Å². The molecule has 1 atom stereocenters. The van der Waals surface area contributed by atoms with Crippen molar-refractivity contribution in [3.8, 4) is 17.2 Å². The summed E-state index contributed by atoms with van der Waals surface area (Å²) in [5, 5.41) is 9.39. The topological polar surface area (TPSA) is 50.1 Å². The van der Waals surface area contributed by atoms with Gasteiger partial charge in [0.15, 0.2) is 0 Å². The van der Waals surface area contributed by atoms with Gasteiger partial charge in [0.1, 0.15) is 11.4 Å². The average Bonchev–Trinajstić information content (AvgIpc) is 2.93. The van der Waals surface area contributed by atoms with Crippen LogP contribution in [0, 0.1) is 23.1 Å². The molecule has 0 heterocycles. The van der Waals surface area contributed by atoms with Crippen molar-refractivity contribution in [2.75, 3.05) is 0 Å². The fourth-order valence-corrected chi connectivity index (χ4v) is 5.81. The van der Waals surface area contributed by atoms with Crippen LogP contribution in [0.2, 0.25) is 0 Å². The van der Waals surface area contributed by atoms with Crippen molar-refractivity contribution in [2.45, 2.75) is 122 Å². The highest BCUT2D eigenvalue weighted by atomic mass is 19.1. The number of esters is 1. The van der Waals surface area contributed by atoms with Gasteiger partial charge in [-0.2, -0.15) is 5.26 Å². The lowest BCUT2D eigenvalue weighted by Crippen LogP contribution is -2.37. The minimum atomic E-state index is -0.432. The van der Waals surface area contributed by atoms with Crippen molar-refractivity contribution in [2.24, 2.45) is 5.92 Å². The summed E-state index contributed by atoms with van der Waals surface area (Å²) >= 11 is 0. The second kappa shape index (κ2) is 15.7. The van der Waals surface area contributed by atoms with Crippen LogP contribution in [0.1, 0.15) is 126 Å². The molecule has 0 bridgehead atoms. The van der Waals surface area contributed by atoms with Crippen molar-refractivity contribution < 1.29 is 13.9 Å². The summed E-state index contributed by atoms with van der Waals surface area (Å²) < 4.78 is 21.1. The third-order valence-corrected chi connectivity index (χ3v) is 8.11. The van der Waals surface area contributed by atoms with Crippen LogP contribution < -0.4 is 0 Å². The summed E-state index contributed by atoms with van der Waals surface area (Å²) in [5.74, 6) is -0.432. The number of nitriles is 1. The Hall–Kier alpha value is -2.67. The summed E-state index contributed by atoms with van der Waals surface area (Å²) in [6.45, 7) is 4.32. The van der Waals surface area contributed by atoms with E-state index in [4.69, 9.17) is 4.74 Å². The Labute approximate surface area is 229 Å². The summed E-state index contributed by atoms with van der Waals surface area (Å²) in [6.07, 6.45) is 16.5. The molecule has 1 unspecified atom stereocenters. The van der Waals surface area contributed by atoms with Crippen LogP contribution in [0.5, 0.6) is 0 Å². The second-order valence-electron chi connectivity index (χ2n) is 11.2. The van der Waals surface area contributed by atoms with Crippen molar-refractivity contribution in [1.29, 1.82) is 5.26 Å². The molecule has 4 heteroatoms. The molecule has 0 radical (unpaired) electrons. The van der Waals surface area contributed by atoms with Gasteiger partial charge < -0.3 is 4.74 Å². The summed E-state index contributed by atoms with van der Waals surface area (Å²) in [5.41, 5.74) is 2.43. The lowest BCUT2D eigenvalue weighted by molar-refractivity contribution is -0.0438. The van der Waals surface area contributed by atoms with Gasteiger partial charge in [-0.3, -0.25) is 0 Å². The Bertz CT molecular complexity index is 1030. The lowest BCUT2D eigenvalue weighted by Gasteiger charge is -2.37. The number of benzene rings is 2. The molecule has 0 N–H and O–H groups in total. The Morgan fingerprint density at radius 1 is 0.947 bits per heavy atom. The molecule has 3 nitrogen and oxygen atoms in total. The quantitative estimate of drug-likeness (QED) is 0.174. The molecule has 38 heavy (non-hydrogen) atoms. The maximum atomic E-state index is 14.9. The monoisotopic (exact) mass is 519 g/mol. The van der Waals surface area contributed by atoms with E-state index < -0.39 is 5.60 Å². The Morgan fingerprint density at radius 3 is 2.34 bits per heavy atom. The molecular formula is C34H46FNO2. The molecule has 1 aliphatic carbocycles. The van der Waals surface area contributed by atoms with E-state index in [0.717, 1.165) is 81.8 Å². The van der Waals surface area contributed by atoms with Crippen LogP contribution in [0.4, 0.5) is 4.39 Å². The fraction of sp³-hybridized carbons (Fsp3) is 0.588. The predicted octanol–water partition coefficient (Wildman–Crippen LogP) is 9.98. The van der Waals surface area contributed by atoms with Gasteiger partial charge in [-0.1, -0.05) is 76.6 Å². The first-order valence-electron chi connectivity index (χ1n) is 15.0. The minimum absolute atomic E-state index is 0.0872. The van der Waals surface area contributed by atoms with E-state index >= 15 is 0 Å². The molecule has 1 fully saturated rings. The molecule has 1 aliphatic rings. The molecule has 0 aromatic heterocycles. The molecule has 0 spiro atoms. The van der Waals surface area contributed by atoms with Gasteiger partial charge >= 0.3 is 5.97 Å². The normalized spacial score (nSPS) is 15.5. The summed E-state index contributed by atoms with van der Waals surface area (Å²) in [6, 6.07) is 15.1. The molecule has 1 saturated carbocycles. The fourth-order valence-electron chi connectivity index (χ4n) is 5.81. The molecule has 2 aromatic carbocycles. The molecule has 206 valence electrons. The molecular weight excluding hydrogens is 473 g/mol. The zero-order valence-corrected chi connectivity index (χ0v) is 23.6. The number of hydrogen-bond acceptors (Lipinski definition) is 3. The number of rotatable bonds is 15. The molecule has 2 aromatic rings. The smallest absolute Gasteiger partial charge is 0.338 e. The molecule has 0 amide bonds. The number of nitrogens with zero attached hydrogens (tertiary/aromatic N) is 1. The zero-order valence-electron chi connectivity index (χ0n) is 23.6. The summed E-state index contributed by atoms with van der Waals surface area (Å²) in [4.78, 5) is 13.2. The van der Waals surface area contributed by atoms with Crippen molar-refractivity contribution >= 4 is 5.97 Å². The number of carbonyl (C=O) groups is 1. The average molecular weight is 520 g/mol. The highest BCUT2D eigenvalue weighted by Gasteiger charge is 2.36. The third-order valence-electron chi connectivity index (χ3n) is 8.11. The van der Waals surface area contributed by atoms with E-state index in [-0.39, 0.29) is 17.7 Å². The maximum Gasteiger partial charge on any atom is 0.338 e. The van der Waals surface area contributed by atoms with Gasteiger partial charge in [-0.05, 0) is 93.5 Å². The number of unbranched alkanes of at least 4 members (excludes halogenated alkanes) is 4. The van der Waals surface area contributed by atoms with Crippen LogP contribution >= 0.6 is 0 Å². The standard InChI is InChI=1S/C34H46FNO2/c1-3-5-6-7-9-14-27-16-21-31(32(35)25-27)29-17-19-30(20-18-29)33(37)38-34(22-10-8-11-23-34)24-12-15-28(26-36)13-4-2/h16-21,25,28H,3-15,22-24H2,1-2H3. The first kappa shape index (κ1) is 29.9. The second-order valence-corrected chi connectivity index (χ2v) is 11.2. The predicted molar refractivity (Wildman–Crippen MR) is 153 cm³/mol. The van der Waals surface area contributed by atoms with Crippen LogP contribution in [-0.2, 0) is 11.2 Å². The van der Waals surface area contributed by atoms with Crippen LogP contribution in [-0.4, -0.2) is 11.6 Å². The first-order valence-corrected chi connectivity index (χ1v) is 15.0. The van der Waals surface area contributed by atoms with E-state index in [2.05, 4.69) is 19.9 Å². The number of hydrogen-bond donors (Lipinski definition) is 0.